The first-order valence-electron chi connectivity index (χ1n) is 9.12. The van der Waals surface area contributed by atoms with Crippen LogP contribution in [-0.4, -0.2) is 26.8 Å². The monoisotopic (exact) mass is 418 g/mol. The van der Waals surface area contributed by atoms with Crippen molar-refractivity contribution in [2.24, 2.45) is 0 Å². The topological polar surface area (TPSA) is 118 Å². The van der Waals surface area contributed by atoms with Crippen molar-refractivity contribution in [2.75, 3.05) is 11.1 Å². The van der Waals surface area contributed by atoms with Crippen LogP contribution in [-0.2, 0) is 0 Å². The van der Waals surface area contributed by atoms with Crippen molar-refractivity contribution in [1.29, 1.82) is 0 Å². The molecule has 1 atom stereocenters. The first-order chi connectivity index (χ1) is 14.5. The van der Waals surface area contributed by atoms with Crippen molar-refractivity contribution in [3.8, 4) is 0 Å². The van der Waals surface area contributed by atoms with Crippen LogP contribution in [0, 0.1) is 6.92 Å². The van der Waals surface area contributed by atoms with E-state index in [-0.39, 0.29) is 5.91 Å². The number of carbonyl (C=O) groups is 2. The largest absolute Gasteiger partial charge is 0.382 e. The van der Waals surface area contributed by atoms with E-state index < -0.39 is 11.9 Å². The van der Waals surface area contributed by atoms with Gasteiger partial charge in [0.2, 0.25) is 0 Å². The number of hydrogen-bond donors (Lipinski definition) is 3. The zero-order valence-corrected chi connectivity index (χ0v) is 16.8. The quantitative estimate of drug-likeness (QED) is 0.425. The van der Waals surface area contributed by atoms with Crippen LogP contribution in [0.5, 0.6) is 0 Å². The standard InChI is InChI=1S/C22H18N4O3S/c1-12-7-8-14(19(28)18(27)13-5-3-2-4-6-13)9-16(12)26-22(29)15-10-30-20-17(15)24-11-25-21(20)23/h2-11,19,28H,1H3,(H,26,29)(H2,23,24,25). The predicted molar refractivity (Wildman–Crippen MR) is 117 cm³/mol. The first-order valence-corrected chi connectivity index (χ1v) is 10.0. The lowest BCUT2D eigenvalue weighted by Crippen LogP contribution is -2.15. The molecule has 4 N–H and O–H groups in total. The number of ketones is 1. The minimum absolute atomic E-state index is 0.324. The highest BCUT2D eigenvalue weighted by Gasteiger charge is 2.21. The Labute approximate surface area is 176 Å². The Morgan fingerprint density at radius 2 is 1.90 bits per heavy atom. The molecular formula is C22H18N4O3S. The molecule has 2 heterocycles. The molecule has 0 aliphatic rings. The van der Waals surface area contributed by atoms with Crippen LogP contribution in [0.25, 0.3) is 10.2 Å². The molecule has 0 saturated heterocycles. The number of anilines is 2. The number of nitrogens with two attached hydrogens (primary N) is 1. The van der Waals surface area contributed by atoms with Gasteiger partial charge < -0.3 is 16.2 Å². The van der Waals surface area contributed by atoms with E-state index in [0.29, 0.717) is 38.4 Å². The molecule has 0 spiro atoms. The van der Waals surface area contributed by atoms with E-state index in [1.165, 1.54) is 17.7 Å². The summed E-state index contributed by atoms with van der Waals surface area (Å²) in [5.41, 5.74) is 8.81. The summed E-state index contributed by atoms with van der Waals surface area (Å²) in [4.78, 5) is 33.5. The van der Waals surface area contributed by atoms with Gasteiger partial charge in [0.25, 0.3) is 5.91 Å². The van der Waals surface area contributed by atoms with Crippen molar-refractivity contribution >= 4 is 44.7 Å². The van der Waals surface area contributed by atoms with Crippen molar-refractivity contribution < 1.29 is 14.7 Å². The number of amides is 1. The average Bonchev–Trinajstić information content (AvgIpc) is 3.20. The summed E-state index contributed by atoms with van der Waals surface area (Å²) in [6.07, 6.45) is -0.0170. The molecule has 0 radical (unpaired) electrons. The fraction of sp³-hybridized carbons (Fsp3) is 0.0909. The molecule has 0 fully saturated rings. The molecule has 8 heteroatoms. The molecule has 1 amide bonds. The van der Waals surface area contributed by atoms with E-state index in [9.17, 15) is 14.7 Å². The van der Waals surface area contributed by atoms with Crippen LogP contribution >= 0.6 is 11.3 Å². The fourth-order valence-corrected chi connectivity index (χ4v) is 3.98. The highest BCUT2D eigenvalue weighted by molar-refractivity contribution is 7.18. The van der Waals surface area contributed by atoms with Crippen LogP contribution in [0.1, 0.15) is 37.9 Å². The maximum absolute atomic E-state index is 12.9. The Kier molecular flexibility index (Phi) is 5.26. The number of aliphatic hydroxyl groups excluding tert-OH is 1. The number of benzene rings is 2. The van der Waals surface area contributed by atoms with Gasteiger partial charge in [-0.05, 0) is 24.1 Å². The molecule has 150 valence electrons. The molecule has 0 aliphatic carbocycles. The second kappa shape index (κ2) is 8.02. The Morgan fingerprint density at radius 3 is 2.67 bits per heavy atom. The Morgan fingerprint density at radius 1 is 1.13 bits per heavy atom. The van der Waals surface area contributed by atoms with Gasteiger partial charge in [-0.2, -0.15) is 0 Å². The molecule has 7 nitrogen and oxygen atoms in total. The second-order valence-corrected chi connectivity index (χ2v) is 7.63. The van der Waals surface area contributed by atoms with E-state index in [2.05, 4.69) is 15.3 Å². The van der Waals surface area contributed by atoms with Gasteiger partial charge in [-0.15, -0.1) is 11.3 Å². The molecule has 1 unspecified atom stereocenters. The highest BCUT2D eigenvalue weighted by Crippen LogP contribution is 2.29. The number of aromatic nitrogens is 2. The van der Waals surface area contributed by atoms with Crippen LogP contribution < -0.4 is 11.1 Å². The molecule has 4 aromatic rings. The van der Waals surface area contributed by atoms with Gasteiger partial charge in [-0.1, -0.05) is 42.5 Å². The van der Waals surface area contributed by atoms with Gasteiger partial charge in [-0.3, -0.25) is 9.59 Å². The van der Waals surface area contributed by atoms with Crippen LogP contribution in [0.3, 0.4) is 0 Å². The van der Waals surface area contributed by atoms with Crippen molar-refractivity contribution in [2.45, 2.75) is 13.0 Å². The van der Waals surface area contributed by atoms with Crippen molar-refractivity contribution in [1.82, 2.24) is 9.97 Å². The minimum Gasteiger partial charge on any atom is -0.382 e. The van der Waals surface area contributed by atoms with Crippen LogP contribution in [0.15, 0.2) is 60.2 Å². The lowest BCUT2D eigenvalue weighted by Gasteiger charge is -2.14. The third kappa shape index (κ3) is 3.66. The zero-order chi connectivity index (χ0) is 21.3. The third-order valence-corrected chi connectivity index (χ3v) is 5.75. The molecule has 4 rings (SSSR count). The predicted octanol–water partition coefficient (Wildman–Crippen LogP) is 3.75. The maximum Gasteiger partial charge on any atom is 0.258 e. The number of hydrogen-bond acceptors (Lipinski definition) is 7. The molecule has 30 heavy (non-hydrogen) atoms. The summed E-state index contributed by atoms with van der Waals surface area (Å²) >= 11 is 1.30. The normalized spacial score (nSPS) is 11.9. The highest BCUT2D eigenvalue weighted by atomic mass is 32.1. The van der Waals surface area contributed by atoms with E-state index in [1.807, 2.05) is 6.92 Å². The number of fused-ring (bicyclic) bond motifs is 1. The molecule has 2 aromatic heterocycles. The maximum atomic E-state index is 12.9. The summed E-state index contributed by atoms with van der Waals surface area (Å²) in [5.74, 6) is -0.444. The molecule has 0 aliphatic heterocycles. The Hall–Kier alpha value is -3.62. The third-order valence-electron chi connectivity index (χ3n) is 4.76. The van der Waals surface area contributed by atoms with Crippen molar-refractivity contribution in [3.63, 3.8) is 0 Å². The Balaban J connectivity index is 1.61. The van der Waals surface area contributed by atoms with E-state index in [4.69, 9.17) is 5.73 Å². The number of nitrogens with zero attached hydrogens (tertiary/aromatic N) is 2. The number of thiophene rings is 1. The van der Waals surface area contributed by atoms with E-state index >= 15 is 0 Å². The van der Waals surface area contributed by atoms with Gasteiger partial charge >= 0.3 is 0 Å². The SMILES string of the molecule is Cc1ccc(C(O)C(=O)c2ccccc2)cc1NC(=O)c1csc2c(N)ncnc12. The van der Waals surface area contributed by atoms with Gasteiger partial charge in [-0.25, -0.2) is 9.97 Å². The second-order valence-electron chi connectivity index (χ2n) is 6.75. The summed E-state index contributed by atoms with van der Waals surface area (Å²) in [7, 11) is 0. The van der Waals surface area contributed by atoms with Crippen LogP contribution in [0.4, 0.5) is 11.5 Å². The Bertz CT molecular complexity index is 1250. The van der Waals surface area contributed by atoms with Gasteiger partial charge in [0, 0.05) is 16.6 Å². The summed E-state index contributed by atoms with van der Waals surface area (Å²) in [5, 5.41) is 15.1. The summed E-state index contributed by atoms with van der Waals surface area (Å²) in [6.45, 7) is 1.83. The lowest BCUT2D eigenvalue weighted by molar-refractivity contribution is 0.0747. The lowest BCUT2D eigenvalue weighted by atomic mass is 9.98. The molecular weight excluding hydrogens is 400 g/mol. The fourth-order valence-electron chi connectivity index (χ4n) is 3.08. The van der Waals surface area contributed by atoms with Crippen molar-refractivity contribution in [3.05, 3.63) is 82.5 Å². The number of aliphatic hydroxyl groups is 1. The van der Waals surface area contributed by atoms with Crippen LogP contribution in [0.2, 0.25) is 0 Å². The first kappa shape index (κ1) is 19.7. The zero-order valence-electron chi connectivity index (χ0n) is 16.0. The average molecular weight is 418 g/mol. The number of Topliss-reactive ketones (excluding diaryl/α,β-unsaturated/α-hetero) is 1. The molecule has 0 saturated carbocycles. The van der Waals surface area contributed by atoms with E-state index in [1.54, 1.807) is 53.9 Å². The van der Waals surface area contributed by atoms with Gasteiger partial charge in [0.1, 0.15) is 18.2 Å². The number of aryl methyl sites for hydroxylation is 1. The number of nitrogen functional groups attached to an aromatic ring is 1. The number of rotatable bonds is 5. The molecule has 0 bridgehead atoms. The van der Waals surface area contributed by atoms with Gasteiger partial charge in [0.05, 0.1) is 15.8 Å². The smallest absolute Gasteiger partial charge is 0.258 e. The number of carbonyl (C=O) groups excluding carboxylic acids is 2. The van der Waals surface area contributed by atoms with Gasteiger partial charge in [0.15, 0.2) is 5.78 Å². The minimum atomic E-state index is -1.34. The number of nitrogens with one attached hydrogen (secondary N) is 1. The summed E-state index contributed by atoms with van der Waals surface area (Å²) < 4.78 is 0.650. The molecule has 2 aromatic carbocycles. The summed E-state index contributed by atoms with van der Waals surface area (Å²) in [6, 6.07) is 13.6. The van der Waals surface area contributed by atoms with E-state index in [0.717, 1.165) is 5.56 Å².